The van der Waals surface area contributed by atoms with Crippen molar-refractivity contribution in [3.05, 3.63) is 0 Å². The van der Waals surface area contributed by atoms with Gasteiger partial charge in [-0.3, -0.25) is 9.00 Å². The van der Waals surface area contributed by atoms with Gasteiger partial charge in [0.15, 0.2) is 0 Å². The first-order chi connectivity index (χ1) is 5.06. The lowest BCUT2D eigenvalue weighted by atomic mass is 10.3. The van der Waals surface area contributed by atoms with Crippen LogP contribution in [-0.4, -0.2) is 27.7 Å². The number of rotatable bonds is 5. The van der Waals surface area contributed by atoms with Gasteiger partial charge in [-0.1, -0.05) is 6.92 Å². The molecule has 0 heterocycles. The summed E-state index contributed by atoms with van der Waals surface area (Å²) >= 11 is 0. The van der Waals surface area contributed by atoms with Crippen molar-refractivity contribution in [3.63, 3.8) is 0 Å². The predicted molar refractivity (Wildman–Crippen MR) is 45.3 cm³/mol. The molecule has 0 aromatic carbocycles. The van der Waals surface area contributed by atoms with E-state index in [1.165, 1.54) is 0 Å². The number of carbonyl (C=O) groups excluding carboxylic acids is 1. The first-order valence-electron chi connectivity index (χ1n) is 3.45. The maximum atomic E-state index is 11.0. The van der Waals surface area contributed by atoms with Crippen molar-refractivity contribution < 1.29 is 9.00 Å². The molecule has 0 aromatic rings. The molecule has 4 nitrogen and oxygen atoms in total. The van der Waals surface area contributed by atoms with Gasteiger partial charge in [0, 0.05) is 22.6 Å². The zero-order valence-corrected chi connectivity index (χ0v) is 7.39. The van der Waals surface area contributed by atoms with Crippen LogP contribution in [0.15, 0.2) is 0 Å². The normalized spacial score (nSPS) is 15.8. The van der Waals surface area contributed by atoms with Crippen molar-refractivity contribution in [3.8, 4) is 0 Å². The lowest BCUT2D eigenvalue weighted by molar-refractivity contribution is -0.115. The highest BCUT2D eigenvalue weighted by molar-refractivity contribution is 7.85. The largest absolute Gasteiger partial charge is 0.369 e. The molecule has 0 radical (unpaired) electrons. The molecule has 0 saturated carbocycles. The Bertz CT molecular complexity index is 161. The van der Waals surface area contributed by atoms with E-state index in [1.807, 2.05) is 6.92 Å². The maximum Gasteiger partial charge on any atom is 0.230 e. The van der Waals surface area contributed by atoms with Crippen molar-refractivity contribution in [1.29, 1.82) is 0 Å². The molecule has 0 aliphatic carbocycles. The lowest BCUT2D eigenvalue weighted by Crippen LogP contribution is -2.30. The summed E-state index contributed by atoms with van der Waals surface area (Å²) in [6.07, 6.45) is 0.768. The zero-order chi connectivity index (χ0) is 8.85. The Morgan fingerprint density at radius 2 is 2.18 bits per heavy atom. The van der Waals surface area contributed by atoms with Crippen molar-refractivity contribution >= 4 is 16.7 Å². The van der Waals surface area contributed by atoms with Gasteiger partial charge >= 0.3 is 0 Å². The standard InChI is InChI=1S/C6H14N2O2S/c1-2-5(7)3-11(10)4-6(8)9/h5H,2-4,7H2,1H3,(H2,8,9). The summed E-state index contributed by atoms with van der Waals surface area (Å²) in [4.78, 5) is 10.3. The molecule has 66 valence electrons. The van der Waals surface area contributed by atoms with E-state index in [2.05, 4.69) is 0 Å². The molecule has 0 fully saturated rings. The molecule has 0 spiro atoms. The Morgan fingerprint density at radius 3 is 2.55 bits per heavy atom. The van der Waals surface area contributed by atoms with Crippen LogP contribution in [0.1, 0.15) is 13.3 Å². The summed E-state index contributed by atoms with van der Waals surface area (Å²) in [5.74, 6) is -0.251. The topological polar surface area (TPSA) is 86.2 Å². The minimum Gasteiger partial charge on any atom is -0.369 e. The number of primary amides is 1. The van der Waals surface area contributed by atoms with E-state index < -0.39 is 16.7 Å². The van der Waals surface area contributed by atoms with Gasteiger partial charge in [-0.25, -0.2) is 0 Å². The van der Waals surface area contributed by atoms with E-state index >= 15 is 0 Å². The Labute approximate surface area is 68.8 Å². The van der Waals surface area contributed by atoms with Crippen LogP contribution in [0.3, 0.4) is 0 Å². The number of carbonyl (C=O) groups is 1. The maximum absolute atomic E-state index is 11.0. The van der Waals surface area contributed by atoms with Crippen LogP contribution in [-0.2, 0) is 15.6 Å². The summed E-state index contributed by atoms with van der Waals surface area (Å²) in [6, 6.07) is -0.0878. The number of hydrogen-bond acceptors (Lipinski definition) is 3. The van der Waals surface area contributed by atoms with E-state index in [0.717, 1.165) is 6.42 Å². The smallest absolute Gasteiger partial charge is 0.230 e. The van der Waals surface area contributed by atoms with E-state index in [1.54, 1.807) is 0 Å². The van der Waals surface area contributed by atoms with Gasteiger partial charge in [-0.15, -0.1) is 0 Å². The molecule has 0 aromatic heterocycles. The number of amides is 1. The van der Waals surface area contributed by atoms with E-state index in [0.29, 0.717) is 5.75 Å². The fourth-order valence-electron chi connectivity index (χ4n) is 0.574. The fraction of sp³-hybridized carbons (Fsp3) is 0.833. The fourth-order valence-corrected chi connectivity index (χ4v) is 1.72. The minimum absolute atomic E-state index is 0.0757. The molecular formula is C6H14N2O2S. The predicted octanol–water partition coefficient (Wildman–Crippen LogP) is -1.04. The van der Waals surface area contributed by atoms with Gasteiger partial charge in [0.25, 0.3) is 0 Å². The highest BCUT2D eigenvalue weighted by Crippen LogP contribution is 1.90. The van der Waals surface area contributed by atoms with Gasteiger partial charge in [0.05, 0.1) is 0 Å². The van der Waals surface area contributed by atoms with Crippen molar-refractivity contribution in [2.45, 2.75) is 19.4 Å². The molecule has 5 heteroatoms. The molecular weight excluding hydrogens is 164 g/mol. The van der Waals surface area contributed by atoms with Crippen LogP contribution in [0.5, 0.6) is 0 Å². The van der Waals surface area contributed by atoms with E-state index in [4.69, 9.17) is 11.5 Å². The summed E-state index contributed by atoms with van der Waals surface area (Å²) < 4.78 is 11.0. The SMILES string of the molecule is CCC(N)CS(=O)CC(N)=O. The quantitative estimate of drug-likeness (QED) is 0.563. The Balaban J connectivity index is 3.60. The van der Waals surface area contributed by atoms with Gasteiger partial charge in [0.2, 0.25) is 5.91 Å². The van der Waals surface area contributed by atoms with E-state index in [-0.39, 0.29) is 11.8 Å². The molecule has 11 heavy (non-hydrogen) atoms. The second kappa shape index (κ2) is 5.26. The number of nitrogens with two attached hydrogens (primary N) is 2. The molecule has 0 aliphatic rings. The highest BCUT2D eigenvalue weighted by atomic mass is 32.2. The van der Waals surface area contributed by atoms with Crippen LogP contribution in [0.25, 0.3) is 0 Å². The first-order valence-corrected chi connectivity index (χ1v) is 4.94. The lowest BCUT2D eigenvalue weighted by Gasteiger charge is -2.05. The Morgan fingerprint density at radius 1 is 1.64 bits per heavy atom. The molecule has 0 bridgehead atoms. The average Bonchev–Trinajstić information content (AvgIpc) is 1.85. The van der Waals surface area contributed by atoms with Gasteiger partial charge in [-0.2, -0.15) is 0 Å². The third-order valence-corrected chi connectivity index (χ3v) is 2.63. The van der Waals surface area contributed by atoms with Crippen LogP contribution in [0.4, 0.5) is 0 Å². The monoisotopic (exact) mass is 178 g/mol. The van der Waals surface area contributed by atoms with Crippen LogP contribution in [0.2, 0.25) is 0 Å². The number of hydrogen-bond donors (Lipinski definition) is 2. The highest BCUT2D eigenvalue weighted by Gasteiger charge is 2.07. The second-order valence-electron chi connectivity index (χ2n) is 2.39. The van der Waals surface area contributed by atoms with Gasteiger partial charge < -0.3 is 11.5 Å². The molecule has 4 N–H and O–H groups in total. The van der Waals surface area contributed by atoms with Crippen molar-refractivity contribution in [2.24, 2.45) is 11.5 Å². The summed E-state index contributed by atoms with van der Waals surface area (Å²) in [5, 5.41) is 0. The van der Waals surface area contributed by atoms with Crippen LogP contribution < -0.4 is 11.5 Å². The summed E-state index contributed by atoms with van der Waals surface area (Å²) in [5.41, 5.74) is 10.3. The molecule has 2 atom stereocenters. The Kier molecular flexibility index (Phi) is 5.06. The first kappa shape index (κ1) is 10.6. The third-order valence-electron chi connectivity index (χ3n) is 1.23. The average molecular weight is 178 g/mol. The van der Waals surface area contributed by atoms with Crippen LogP contribution >= 0.6 is 0 Å². The van der Waals surface area contributed by atoms with Gasteiger partial charge in [-0.05, 0) is 6.42 Å². The third kappa shape index (κ3) is 6.00. The summed E-state index contributed by atoms with van der Waals surface area (Å²) in [6.45, 7) is 1.91. The molecule has 1 amide bonds. The van der Waals surface area contributed by atoms with Crippen LogP contribution in [0, 0.1) is 0 Å². The molecule has 2 unspecified atom stereocenters. The zero-order valence-electron chi connectivity index (χ0n) is 6.58. The van der Waals surface area contributed by atoms with Crippen molar-refractivity contribution in [2.75, 3.05) is 11.5 Å². The molecule has 0 aliphatic heterocycles. The molecule has 0 rings (SSSR count). The van der Waals surface area contributed by atoms with Gasteiger partial charge in [0.1, 0.15) is 5.75 Å². The second-order valence-corrected chi connectivity index (χ2v) is 3.89. The molecule has 0 saturated heterocycles. The summed E-state index contributed by atoms with van der Waals surface area (Å²) in [7, 11) is -1.18. The van der Waals surface area contributed by atoms with E-state index in [9.17, 15) is 9.00 Å². The Hall–Kier alpha value is -0.420. The van der Waals surface area contributed by atoms with Crippen molar-refractivity contribution in [1.82, 2.24) is 0 Å². The minimum atomic E-state index is -1.18.